The second-order valence-electron chi connectivity index (χ2n) is 5.76. The molecule has 2 aliphatic rings. The topological polar surface area (TPSA) is 55.6 Å². The van der Waals surface area contributed by atoms with Crippen LogP contribution >= 0.6 is 0 Å². The van der Waals surface area contributed by atoms with Crippen molar-refractivity contribution in [3.63, 3.8) is 0 Å². The highest BCUT2D eigenvalue weighted by atomic mass is 16.5. The first-order valence-corrected chi connectivity index (χ1v) is 7.50. The monoisotopic (exact) mass is 274 g/mol. The third-order valence-corrected chi connectivity index (χ3v) is 4.42. The number of fused-ring (bicyclic) bond motifs is 2. The molecular weight excluding hydrogens is 252 g/mol. The molecule has 4 heteroatoms. The fourth-order valence-electron chi connectivity index (χ4n) is 3.61. The van der Waals surface area contributed by atoms with Crippen molar-refractivity contribution in [1.29, 1.82) is 0 Å². The summed E-state index contributed by atoms with van der Waals surface area (Å²) in [7, 11) is 0. The van der Waals surface area contributed by atoms with Crippen molar-refractivity contribution >= 4 is 5.91 Å². The number of nitrogens with two attached hydrogens (primary N) is 1. The van der Waals surface area contributed by atoms with Crippen molar-refractivity contribution < 1.29 is 9.53 Å². The molecule has 1 aromatic rings. The van der Waals surface area contributed by atoms with Gasteiger partial charge in [-0.25, -0.2) is 0 Å². The van der Waals surface area contributed by atoms with Crippen LogP contribution in [0.25, 0.3) is 0 Å². The number of carbonyl (C=O) groups excluding carboxylic acids is 1. The average Bonchev–Trinajstić information content (AvgIpc) is 2.71. The Morgan fingerprint density at radius 2 is 1.95 bits per heavy atom. The van der Waals surface area contributed by atoms with Crippen LogP contribution in [0.1, 0.15) is 43.0 Å². The van der Waals surface area contributed by atoms with Crippen molar-refractivity contribution in [2.45, 2.75) is 50.7 Å². The number of benzene rings is 1. The third kappa shape index (κ3) is 2.29. The van der Waals surface area contributed by atoms with E-state index in [1.807, 2.05) is 31.2 Å². The SMILES string of the molecule is CCOc1ccccc1C(=O)N1C2CCC1CC(N)C2. The molecule has 20 heavy (non-hydrogen) atoms. The van der Waals surface area contributed by atoms with Gasteiger partial charge in [-0.2, -0.15) is 0 Å². The second kappa shape index (κ2) is 5.44. The Labute approximate surface area is 119 Å². The summed E-state index contributed by atoms with van der Waals surface area (Å²) >= 11 is 0. The summed E-state index contributed by atoms with van der Waals surface area (Å²) in [6.45, 7) is 2.51. The first-order valence-electron chi connectivity index (χ1n) is 7.50. The lowest BCUT2D eigenvalue weighted by atomic mass is 9.97. The van der Waals surface area contributed by atoms with Gasteiger partial charge < -0.3 is 15.4 Å². The number of para-hydroxylation sites is 1. The fraction of sp³-hybridized carbons (Fsp3) is 0.562. The number of rotatable bonds is 3. The smallest absolute Gasteiger partial charge is 0.258 e. The molecule has 0 saturated carbocycles. The lowest BCUT2D eigenvalue weighted by molar-refractivity contribution is 0.0571. The van der Waals surface area contributed by atoms with E-state index in [-0.39, 0.29) is 11.9 Å². The zero-order valence-corrected chi connectivity index (χ0v) is 11.9. The lowest BCUT2D eigenvalue weighted by Crippen LogP contribution is -2.50. The number of amides is 1. The highest BCUT2D eigenvalue weighted by molar-refractivity contribution is 5.97. The van der Waals surface area contributed by atoms with E-state index in [0.717, 1.165) is 25.7 Å². The van der Waals surface area contributed by atoms with E-state index in [2.05, 4.69) is 4.90 Å². The van der Waals surface area contributed by atoms with Crippen molar-refractivity contribution in [1.82, 2.24) is 4.90 Å². The van der Waals surface area contributed by atoms with E-state index in [4.69, 9.17) is 10.5 Å². The van der Waals surface area contributed by atoms with Crippen LogP contribution in [0, 0.1) is 0 Å². The van der Waals surface area contributed by atoms with Crippen molar-refractivity contribution in [3.8, 4) is 5.75 Å². The Kier molecular flexibility index (Phi) is 3.66. The lowest BCUT2D eigenvalue weighted by Gasteiger charge is -2.38. The van der Waals surface area contributed by atoms with Gasteiger partial charge >= 0.3 is 0 Å². The normalized spacial score (nSPS) is 28.5. The highest BCUT2D eigenvalue weighted by Gasteiger charge is 2.42. The van der Waals surface area contributed by atoms with Crippen LogP contribution in [0.3, 0.4) is 0 Å². The van der Waals surface area contributed by atoms with E-state index < -0.39 is 0 Å². The molecule has 2 saturated heterocycles. The molecule has 1 amide bonds. The van der Waals surface area contributed by atoms with Gasteiger partial charge in [0.05, 0.1) is 12.2 Å². The van der Waals surface area contributed by atoms with E-state index in [0.29, 0.717) is 30.0 Å². The Balaban J connectivity index is 1.86. The molecular formula is C16H22N2O2. The Hall–Kier alpha value is -1.55. The Morgan fingerprint density at radius 1 is 1.30 bits per heavy atom. The molecule has 2 N–H and O–H groups in total. The Bertz CT molecular complexity index is 489. The van der Waals surface area contributed by atoms with Gasteiger partial charge in [-0.05, 0) is 44.7 Å². The third-order valence-electron chi connectivity index (χ3n) is 4.42. The van der Waals surface area contributed by atoms with Gasteiger partial charge in [0, 0.05) is 18.1 Å². The first kappa shape index (κ1) is 13.4. The number of ether oxygens (including phenoxy) is 1. The number of piperidine rings is 1. The maximum atomic E-state index is 12.9. The minimum atomic E-state index is 0.105. The van der Waals surface area contributed by atoms with Crippen LogP contribution in [-0.4, -0.2) is 35.5 Å². The minimum absolute atomic E-state index is 0.105. The number of nitrogens with zero attached hydrogens (tertiary/aromatic N) is 1. The summed E-state index contributed by atoms with van der Waals surface area (Å²) in [6, 6.07) is 8.40. The number of hydrogen-bond donors (Lipinski definition) is 1. The Morgan fingerprint density at radius 3 is 2.60 bits per heavy atom. The second-order valence-corrected chi connectivity index (χ2v) is 5.76. The summed E-state index contributed by atoms with van der Waals surface area (Å²) in [5.41, 5.74) is 6.75. The van der Waals surface area contributed by atoms with E-state index >= 15 is 0 Å². The van der Waals surface area contributed by atoms with Gasteiger partial charge in [-0.1, -0.05) is 12.1 Å². The summed E-state index contributed by atoms with van der Waals surface area (Å²) < 4.78 is 5.59. The molecule has 0 radical (unpaired) electrons. The van der Waals surface area contributed by atoms with Gasteiger partial charge in [0.2, 0.25) is 0 Å². The summed E-state index contributed by atoms with van der Waals surface area (Å²) in [6.07, 6.45) is 4.03. The van der Waals surface area contributed by atoms with Gasteiger partial charge in [0.1, 0.15) is 5.75 Å². The number of hydrogen-bond acceptors (Lipinski definition) is 3. The van der Waals surface area contributed by atoms with Crippen molar-refractivity contribution in [3.05, 3.63) is 29.8 Å². The van der Waals surface area contributed by atoms with Crippen molar-refractivity contribution in [2.24, 2.45) is 5.73 Å². The van der Waals surface area contributed by atoms with Gasteiger partial charge in [0.15, 0.2) is 0 Å². The quantitative estimate of drug-likeness (QED) is 0.919. The van der Waals surface area contributed by atoms with Gasteiger partial charge in [-0.15, -0.1) is 0 Å². The predicted molar refractivity (Wildman–Crippen MR) is 77.8 cm³/mol. The van der Waals surface area contributed by atoms with Crippen LogP contribution in [0.15, 0.2) is 24.3 Å². The maximum Gasteiger partial charge on any atom is 0.258 e. The van der Waals surface area contributed by atoms with E-state index in [1.165, 1.54) is 0 Å². The molecule has 2 bridgehead atoms. The summed E-state index contributed by atoms with van der Waals surface area (Å²) in [4.78, 5) is 14.9. The highest BCUT2D eigenvalue weighted by Crippen LogP contribution is 2.37. The van der Waals surface area contributed by atoms with Crippen LogP contribution in [0.5, 0.6) is 5.75 Å². The fourth-order valence-corrected chi connectivity index (χ4v) is 3.61. The average molecular weight is 274 g/mol. The molecule has 0 aromatic heterocycles. The molecule has 2 fully saturated rings. The zero-order chi connectivity index (χ0) is 14.1. The van der Waals surface area contributed by atoms with Gasteiger partial charge in [0.25, 0.3) is 5.91 Å². The predicted octanol–water partition coefficient (Wildman–Crippen LogP) is 2.18. The molecule has 2 aliphatic heterocycles. The van der Waals surface area contributed by atoms with Crippen LogP contribution in [-0.2, 0) is 0 Å². The van der Waals surface area contributed by atoms with E-state index in [1.54, 1.807) is 0 Å². The molecule has 2 heterocycles. The van der Waals surface area contributed by atoms with Crippen molar-refractivity contribution in [2.75, 3.05) is 6.61 Å². The maximum absolute atomic E-state index is 12.9. The molecule has 4 nitrogen and oxygen atoms in total. The van der Waals surface area contributed by atoms with Crippen LogP contribution in [0.2, 0.25) is 0 Å². The summed E-state index contributed by atoms with van der Waals surface area (Å²) in [5, 5.41) is 0. The molecule has 3 rings (SSSR count). The van der Waals surface area contributed by atoms with E-state index in [9.17, 15) is 4.79 Å². The first-order chi connectivity index (χ1) is 9.70. The molecule has 2 unspecified atom stereocenters. The molecule has 0 spiro atoms. The minimum Gasteiger partial charge on any atom is -0.493 e. The van der Waals surface area contributed by atoms with Gasteiger partial charge in [-0.3, -0.25) is 4.79 Å². The number of carbonyl (C=O) groups is 1. The van der Waals surface area contributed by atoms with Crippen LogP contribution in [0.4, 0.5) is 0 Å². The molecule has 108 valence electrons. The standard InChI is InChI=1S/C16H22N2O2/c1-2-20-15-6-4-3-5-14(15)16(19)18-12-7-8-13(18)10-11(17)9-12/h3-6,11-13H,2,7-10,17H2,1H3. The molecule has 2 atom stereocenters. The zero-order valence-electron chi connectivity index (χ0n) is 11.9. The van der Waals surface area contributed by atoms with Crippen LogP contribution < -0.4 is 10.5 Å². The largest absolute Gasteiger partial charge is 0.493 e. The summed E-state index contributed by atoms with van der Waals surface area (Å²) in [5.74, 6) is 0.794. The molecule has 1 aromatic carbocycles. The molecule has 0 aliphatic carbocycles.